The van der Waals surface area contributed by atoms with Crippen molar-refractivity contribution in [1.29, 1.82) is 0 Å². The number of carbonyl (C=O) groups is 1. The van der Waals surface area contributed by atoms with Crippen LogP contribution in [0.3, 0.4) is 0 Å². The van der Waals surface area contributed by atoms with E-state index in [0.29, 0.717) is 11.3 Å². The lowest BCUT2D eigenvalue weighted by molar-refractivity contribution is 0.0939. The molecule has 0 saturated heterocycles. The molecule has 1 unspecified atom stereocenters. The first kappa shape index (κ1) is 15.2. The number of benzene rings is 2. The van der Waals surface area contributed by atoms with E-state index in [-0.39, 0.29) is 11.9 Å². The molecule has 1 aromatic heterocycles. The van der Waals surface area contributed by atoms with Crippen molar-refractivity contribution in [3.63, 3.8) is 0 Å². The Morgan fingerprint density at radius 1 is 1.22 bits per heavy atom. The Morgan fingerprint density at radius 3 is 2.78 bits per heavy atom. The molecule has 0 aliphatic heterocycles. The average Bonchev–Trinajstić information content (AvgIpc) is 2.91. The second kappa shape index (κ2) is 5.80. The molecule has 3 rings (SSSR count). The van der Waals surface area contributed by atoms with Crippen LogP contribution in [0.15, 0.2) is 48.7 Å². The highest BCUT2D eigenvalue weighted by Crippen LogP contribution is 2.25. The van der Waals surface area contributed by atoms with E-state index in [2.05, 4.69) is 28.1 Å². The predicted octanol–water partition coefficient (Wildman–Crippen LogP) is 3.56. The smallest absolute Gasteiger partial charge is 0.252 e. The van der Waals surface area contributed by atoms with E-state index in [1.54, 1.807) is 12.1 Å². The van der Waals surface area contributed by atoms with E-state index >= 15 is 0 Å². The number of hydrogen-bond acceptors (Lipinski definition) is 2. The van der Waals surface area contributed by atoms with Crippen molar-refractivity contribution in [3.05, 3.63) is 65.4 Å². The molecule has 1 heterocycles. The lowest BCUT2D eigenvalue weighted by atomic mass is 10.0. The van der Waals surface area contributed by atoms with E-state index in [4.69, 9.17) is 5.73 Å². The van der Waals surface area contributed by atoms with Crippen molar-refractivity contribution >= 4 is 22.5 Å². The first-order chi connectivity index (χ1) is 11.0. The summed E-state index contributed by atoms with van der Waals surface area (Å²) in [4.78, 5) is 12.6. The highest BCUT2D eigenvalue weighted by Gasteiger charge is 2.16. The second-order valence-electron chi connectivity index (χ2n) is 5.98. The minimum atomic E-state index is -0.103. The third kappa shape index (κ3) is 2.80. The maximum absolute atomic E-state index is 12.6. The van der Waals surface area contributed by atoms with Gasteiger partial charge in [-0.05, 0) is 48.6 Å². The van der Waals surface area contributed by atoms with Crippen LogP contribution in [0.25, 0.3) is 10.9 Å². The summed E-state index contributed by atoms with van der Waals surface area (Å²) >= 11 is 0. The Labute approximate surface area is 135 Å². The fourth-order valence-corrected chi connectivity index (χ4v) is 2.97. The molecule has 1 amide bonds. The van der Waals surface area contributed by atoms with Gasteiger partial charge in [0.05, 0.1) is 11.6 Å². The third-order valence-corrected chi connectivity index (χ3v) is 4.25. The number of nitrogen functional groups attached to an aromatic ring is 1. The van der Waals surface area contributed by atoms with Crippen molar-refractivity contribution < 1.29 is 4.79 Å². The SMILES string of the molecule is Cc1ccc(N)cc1C(=O)NC(C)c1cccc2ccn(C)c12. The van der Waals surface area contributed by atoms with E-state index in [9.17, 15) is 4.79 Å². The van der Waals surface area contributed by atoms with Crippen molar-refractivity contribution in [3.8, 4) is 0 Å². The van der Waals surface area contributed by atoms with Crippen LogP contribution < -0.4 is 11.1 Å². The number of rotatable bonds is 3. The number of carbonyl (C=O) groups excluding carboxylic acids is 1. The van der Waals surface area contributed by atoms with Crippen LogP contribution in [-0.4, -0.2) is 10.5 Å². The van der Waals surface area contributed by atoms with Gasteiger partial charge >= 0.3 is 0 Å². The number of aromatic nitrogens is 1. The number of nitrogens with zero attached hydrogens (tertiary/aromatic N) is 1. The topological polar surface area (TPSA) is 60.1 Å². The number of aryl methyl sites for hydroxylation is 2. The van der Waals surface area contributed by atoms with E-state index in [1.165, 1.54) is 5.39 Å². The maximum Gasteiger partial charge on any atom is 0.252 e. The number of para-hydroxylation sites is 1. The van der Waals surface area contributed by atoms with Gasteiger partial charge in [0.2, 0.25) is 0 Å². The number of hydrogen-bond donors (Lipinski definition) is 2. The van der Waals surface area contributed by atoms with Crippen molar-refractivity contribution in [2.24, 2.45) is 7.05 Å². The molecule has 23 heavy (non-hydrogen) atoms. The van der Waals surface area contributed by atoms with Gasteiger partial charge in [0, 0.05) is 24.5 Å². The molecular weight excluding hydrogens is 286 g/mol. The third-order valence-electron chi connectivity index (χ3n) is 4.25. The number of nitrogens with one attached hydrogen (secondary N) is 1. The zero-order valence-electron chi connectivity index (χ0n) is 13.6. The van der Waals surface area contributed by atoms with Crippen LogP contribution in [0.1, 0.15) is 34.5 Å². The summed E-state index contributed by atoms with van der Waals surface area (Å²) < 4.78 is 2.08. The standard InChI is InChI=1S/C19H21N3O/c1-12-7-8-15(20)11-17(12)19(23)21-13(2)16-6-4-5-14-9-10-22(3)18(14)16/h4-11,13H,20H2,1-3H3,(H,21,23). The van der Waals surface area contributed by atoms with Gasteiger partial charge in [-0.15, -0.1) is 0 Å². The number of amides is 1. The van der Waals surface area contributed by atoms with Gasteiger partial charge in [-0.3, -0.25) is 4.79 Å². The zero-order chi connectivity index (χ0) is 16.6. The van der Waals surface area contributed by atoms with Crippen LogP contribution >= 0.6 is 0 Å². The lowest BCUT2D eigenvalue weighted by Crippen LogP contribution is -2.27. The summed E-state index contributed by atoms with van der Waals surface area (Å²) in [7, 11) is 2.02. The highest BCUT2D eigenvalue weighted by molar-refractivity contribution is 5.97. The monoisotopic (exact) mass is 307 g/mol. The molecule has 0 radical (unpaired) electrons. The van der Waals surface area contributed by atoms with Gasteiger partial charge in [0.1, 0.15) is 0 Å². The molecule has 3 aromatic rings. The minimum Gasteiger partial charge on any atom is -0.399 e. The van der Waals surface area contributed by atoms with Crippen LogP contribution in [0, 0.1) is 6.92 Å². The van der Waals surface area contributed by atoms with Gasteiger partial charge < -0.3 is 15.6 Å². The second-order valence-corrected chi connectivity index (χ2v) is 5.98. The predicted molar refractivity (Wildman–Crippen MR) is 94.4 cm³/mol. The molecule has 4 heteroatoms. The molecule has 0 bridgehead atoms. The van der Waals surface area contributed by atoms with Crippen LogP contribution in [0.2, 0.25) is 0 Å². The van der Waals surface area contributed by atoms with Crippen molar-refractivity contribution in [2.75, 3.05) is 5.73 Å². The first-order valence-electron chi connectivity index (χ1n) is 7.68. The first-order valence-corrected chi connectivity index (χ1v) is 7.68. The molecule has 0 aliphatic rings. The summed E-state index contributed by atoms with van der Waals surface area (Å²) in [5, 5.41) is 4.25. The van der Waals surface area contributed by atoms with Crippen molar-refractivity contribution in [2.45, 2.75) is 19.9 Å². The summed E-state index contributed by atoms with van der Waals surface area (Å²) in [5.41, 5.74) is 10.2. The van der Waals surface area contributed by atoms with Gasteiger partial charge in [-0.1, -0.05) is 24.3 Å². The Hall–Kier alpha value is -2.75. The van der Waals surface area contributed by atoms with Crippen molar-refractivity contribution in [1.82, 2.24) is 9.88 Å². The number of anilines is 1. The fraction of sp³-hybridized carbons (Fsp3) is 0.211. The van der Waals surface area contributed by atoms with Gasteiger partial charge in [-0.2, -0.15) is 0 Å². The average molecular weight is 307 g/mol. The van der Waals surface area contributed by atoms with Crippen LogP contribution in [-0.2, 0) is 7.05 Å². The van der Waals surface area contributed by atoms with Crippen LogP contribution in [0.5, 0.6) is 0 Å². The Morgan fingerprint density at radius 2 is 2.00 bits per heavy atom. The Kier molecular flexibility index (Phi) is 3.82. The van der Waals surface area contributed by atoms with Gasteiger partial charge in [0.25, 0.3) is 5.91 Å². The summed E-state index contributed by atoms with van der Waals surface area (Å²) in [6.07, 6.45) is 2.03. The molecule has 1 atom stereocenters. The molecule has 3 N–H and O–H groups in total. The molecule has 0 spiro atoms. The Bertz CT molecular complexity index is 879. The summed E-state index contributed by atoms with van der Waals surface area (Å²) in [5.74, 6) is -0.103. The van der Waals surface area contributed by atoms with E-state index in [1.807, 2.05) is 39.2 Å². The zero-order valence-corrected chi connectivity index (χ0v) is 13.6. The molecule has 0 fully saturated rings. The normalized spacial score (nSPS) is 12.3. The summed E-state index contributed by atoms with van der Waals surface area (Å²) in [6.45, 7) is 3.91. The molecule has 0 saturated carbocycles. The number of fused-ring (bicyclic) bond motifs is 1. The minimum absolute atomic E-state index is 0.0966. The van der Waals surface area contributed by atoms with Gasteiger partial charge in [0.15, 0.2) is 0 Å². The fourth-order valence-electron chi connectivity index (χ4n) is 2.97. The van der Waals surface area contributed by atoms with E-state index < -0.39 is 0 Å². The largest absolute Gasteiger partial charge is 0.399 e. The quantitative estimate of drug-likeness (QED) is 0.727. The maximum atomic E-state index is 12.6. The summed E-state index contributed by atoms with van der Waals surface area (Å²) in [6, 6.07) is 13.5. The molecule has 118 valence electrons. The highest BCUT2D eigenvalue weighted by atomic mass is 16.1. The molecule has 2 aromatic carbocycles. The molecular formula is C19H21N3O. The molecule has 0 aliphatic carbocycles. The van der Waals surface area contributed by atoms with E-state index in [0.717, 1.165) is 16.6 Å². The number of nitrogens with two attached hydrogens (primary N) is 1. The molecule has 4 nitrogen and oxygen atoms in total. The lowest BCUT2D eigenvalue weighted by Gasteiger charge is -2.17. The van der Waals surface area contributed by atoms with Crippen LogP contribution in [0.4, 0.5) is 5.69 Å². The Balaban J connectivity index is 1.91. The van der Waals surface area contributed by atoms with Gasteiger partial charge in [-0.25, -0.2) is 0 Å².